The first-order valence-corrected chi connectivity index (χ1v) is 4.38. The highest BCUT2D eigenvalue weighted by Crippen LogP contribution is 1.94. The molecule has 1 aromatic rings. The predicted octanol–water partition coefficient (Wildman–Crippen LogP) is -0.621. The Labute approximate surface area is 85.5 Å². The van der Waals surface area contributed by atoms with E-state index in [-0.39, 0.29) is 6.67 Å². The molecule has 1 aliphatic heterocycles. The molecule has 0 amide bonds. The van der Waals surface area contributed by atoms with E-state index in [4.69, 9.17) is 10.5 Å². The van der Waals surface area contributed by atoms with Gasteiger partial charge in [0.2, 0.25) is 5.84 Å². The number of carbonyl (C=O) groups is 1. The van der Waals surface area contributed by atoms with Crippen molar-refractivity contribution in [2.75, 3.05) is 6.67 Å². The number of hydrogen-bond donors (Lipinski definition) is 2. The smallest absolute Gasteiger partial charge is 0.371 e. The van der Waals surface area contributed by atoms with Crippen LogP contribution in [0.2, 0.25) is 0 Å². The molecule has 0 fully saturated rings. The Morgan fingerprint density at radius 2 is 2.20 bits per heavy atom. The van der Waals surface area contributed by atoms with E-state index in [2.05, 4.69) is 4.99 Å². The topological polar surface area (TPSA) is 76.8 Å². The first-order valence-electron chi connectivity index (χ1n) is 4.38. The molecule has 0 atom stereocenters. The molecule has 15 heavy (non-hydrogen) atoms. The van der Waals surface area contributed by atoms with Crippen molar-refractivity contribution in [3.8, 4) is 0 Å². The third kappa shape index (κ3) is 1.71. The maximum absolute atomic E-state index is 10.6. The lowest BCUT2D eigenvalue weighted by Crippen LogP contribution is -2.40. The summed E-state index contributed by atoms with van der Waals surface area (Å²) in [6, 6.07) is 7.40. The monoisotopic (exact) mass is 203 g/mol. The molecule has 0 saturated heterocycles. The molecule has 0 unspecified atom stereocenters. The van der Waals surface area contributed by atoms with Gasteiger partial charge in [0.1, 0.15) is 6.67 Å². The number of carboxylic acids is 1. The highest BCUT2D eigenvalue weighted by Gasteiger charge is 2.15. The van der Waals surface area contributed by atoms with E-state index < -0.39 is 11.8 Å². The molecule has 0 radical (unpaired) electrons. The molecular weight excluding hydrogens is 194 g/mol. The highest BCUT2D eigenvalue weighted by atomic mass is 16.4. The van der Waals surface area contributed by atoms with Gasteiger partial charge in [0.15, 0.2) is 0 Å². The van der Waals surface area contributed by atoms with Gasteiger partial charge in [-0.2, -0.15) is 0 Å². The zero-order valence-electron chi connectivity index (χ0n) is 7.84. The van der Waals surface area contributed by atoms with Crippen molar-refractivity contribution >= 4 is 18.0 Å². The lowest BCUT2D eigenvalue weighted by atomic mass is 10.2. The molecule has 1 aromatic carbocycles. The molecule has 0 saturated carbocycles. The first-order chi connectivity index (χ1) is 7.18. The molecular formula is C10H9N3O2. The van der Waals surface area contributed by atoms with Crippen LogP contribution in [0.15, 0.2) is 29.3 Å². The quantitative estimate of drug-likeness (QED) is 0.435. The van der Waals surface area contributed by atoms with Gasteiger partial charge in [0.05, 0.1) is 5.36 Å². The Morgan fingerprint density at radius 3 is 2.93 bits per heavy atom. The summed E-state index contributed by atoms with van der Waals surface area (Å²) in [5.41, 5.74) is 0. The molecule has 2 rings (SSSR count). The number of para-hydroxylation sites is 1. The number of carboxylic acid groups (broad SMARTS) is 1. The number of nitrogens with one attached hydrogen (secondary N) is 1. The summed E-state index contributed by atoms with van der Waals surface area (Å²) in [6.45, 7) is 0.183. The fourth-order valence-corrected chi connectivity index (χ4v) is 1.36. The van der Waals surface area contributed by atoms with Crippen molar-refractivity contribution in [1.82, 2.24) is 4.90 Å². The Hall–Kier alpha value is -2.17. The third-order valence-electron chi connectivity index (χ3n) is 2.11. The molecule has 1 aliphatic rings. The average Bonchev–Trinajstić information content (AvgIpc) is 2.27. The minimum Gasteiger partial charge on any atom is -0.475 e. The van der Waals surface area contributed by atoms with E-state index >= 15 is 0 Å². The molecule has 1 heterocycles. The van der Waals surface area contributed by atoms with E-state index in [0.717, 1.165) is 10.6 Å². The summed E-state index contributed by atoms with van der Waals surface area (Å²) in [6.07, 6.45) is 1.62. The van der Waals surface area contributed by atoms with Crippen molar-refractivity contribution in [1.29, 1.82) is 5.41 Å². The van der Waals surface area contributed by atoms with E-state index in [1.807, 2.05) is 24.3 Å². The number of amidine groups is 1. The van der Waals surface area contributed by atoms with Crippen LogP contribution in [0.25, 0.3) is 6.20 Å². The van der Waals surface area contributed by atoms with Crippen molar-refractivity contribution in [2.45, 2.75) is 0 Å². The molecule has 0 aromatic heterocycles. The number of fused-ring (bicyclic) bond motifs is 1. The van der Waals surface area contributed by atoms with Crippen molar-refractivity contribution in [2.24, 2.45) is 4.99 Å². The van der Waals surface area contributed by atoms with Crippen LogP contribution >= 0.6 is 0 Å². The predicted molar refractivity (Wildman–Crippen MR) is 53.8 cm³/mol. The summed E-state index contributed by atoms with van der Waals surface area (Å²) in [4.78, 5) is 16.0. The highest BCUT2D eigenvalue weighted by molar-refractivity contribution is 6.33. The minimum absolute atomic E-state index is 0.183. The van der Waals surface area contributed by atoms with Gasteiger partial charge in [0.25, 0.3) is 0 Å². The summed E-state index contributed by atoms with van der Waals surface area (Å²) >= 11 is 0. The average molecular weight is 203 g/mol. The van der Waals surface area contributed by atoms with Crippen LogP contribution in [0.1, 0.15) is 0 Å². The second-order valence-electron chi connectivity index (χ2n) is 3.11. The number of nitrogens with zero attached hydrogens (tertiary/aromatic N) is 2. The normalized spacial score (nSPS) is 13.5. The SMILES string of the molecule is N=C(C(=O)O)N1C=c2ccccc2=NC1. The Morgan fingerprint density at radius 1 is 1.47 bits per heavy atom. The fraction of sp³-hybridized carbons (Fsp3) is 0.100. The van der Waals surface area contributed by atoms with Crippen LogP contribution in [0.4, 0.5) is 0 Å². The van der Waals surface area contributed by atoms with Gasteiger partial charge in [-0.1, -0.05) is 18.2 Å². The lowest BCUT2D eigenvalue weighted by molar-refractivity contribution is -0.130. The fourth-order valence-electron chi connectivity index (χ4n) is 1.36. The second kappa shape index (κ2) is 3.53. The third-order valence-corrected chi connectivity index (χ3v) is 2.11. The van der Waals surface area contributed by atoms with E-state index in [0.29, 0.717) is 0 Å². The van der Waals surface area contributed by atoms with Crippen LogP contribution in [0, 0.1) is 5.41 Å². The van der Waals surface area contributed by atoms with Crippen molar-refractivity contribution in [3.63, 3.8) is 0 Å². The summed E-state index contributed by atoms with van der Waals surface area (Å²) in [7, 11) is 0. The van der Waals surface area contributed by atoms with Gasteiger partial charge in [-0.15, -0.1) is 0 Å². The standard InChI is InChI=1S/C10H9N3O2/c11-9(10(14)15)13-5-7-3-1-2-4-8(7)12-6-13/h1-5,11H,6H2,(H,14,15). The van der Waals surface area contributed by atoms with Crippen LogP contribution in [0.5, 0.6) is 0 Å². The second-order valence-corrected chi connectivity index (χ2v) is 3.11. The van der Waals surface area contributed by atoms with Gasteiger partial charge in [-0.3, -0.25) is 10.4 Å². The van der Waals surface area contributed by atoms with Crippen LogP contribution in [0.3, 0.4) is 0 Å². The van der Waals surface area contributed by atoms with Crippen molar-refractivity contribution in [3.05, 3.63) is 34.8 Å². The molecule has 2 N–H and O–H groups in total. The summed E-state index contributed by atoms with van der Waals surface area (Å²) < 4.78 is 0. The molecule has 5 nitrogen and oxygen atoms in total. The molecule has 0 bridgehead atoms. The number of rotatable bonds is 0. The van der Waals surface area contributed by atoms with Crippen LogP contribution < -0.4 is 10.6 Å². The van der Waals surface area contributed by atoms with E-state index in [9.17, 15) is 4.79 Å². The number of hydrogen-bond acceptors (Lipinski definition) is 3. The van der Waals surface area contributed by atoms with E-state index in [1.165, 1.54) is 4.90 Å². The summed E-state index contributed by atoms with van der Waals surface area (Å²) in [5, 5.41) is 17.6. The minimum atomic E-state index is -1.25. The zero-order valence-corrected chi connectivity index (χ0v) is 7.84. The Balaban J connectivity index is 2.43. The number of aliphatic carboxylic acids is 1. The molecule has 5 heteroatoms. The van der Waals surface area contributed by atoms with Crippen LogP contribution in [-0.4, -0.2) is 28.5 Å². The molecule has 0 spiro atoms. The van der Waals surface area contributed by atoms with Crippen molar-refractivity contribution < 1.29 is 9.90 Å². The van der Waals surface area contributed by atoms with Gasteiger partial charge < -0.3 is 10.0 Å². The van der Waals surface area contributed by atoms with Gasteiger partial charge in [0, 0.05) is 11.4 Å². The summed E-state index contributed by atoms with van der Waals surface area (Å²) in [5.74, 6) is -1.71. The zero-order chi connectivity index (χ0) is 10.8. The lowest BCUT2D eigenvalue weighted by Gasteiger charge is -2.18. The van der Waals surface area contributed by atoms with E-state index in [1.54, 1.807) is 6.20 Å². The van der Waals surface area contributed by atoms with Gasteiger partial charge in [-0.25, -0.2) is 4.79 Å². The molecule has 76 valence electrons. The van der Waals surface area contributed by atoms with Crippen LogP contribution in [-0.2, 0) is 4.79 Å². The van der Waals surface area contributed by atoms with Gasteiger partial charge >= 0.3 is 5.97 Å². The Bertz CT molecular complexity index is 536. The molecule has 0 aliphatic carbocycles. The maximum Gasteiger partial charge on any atom is 0.371 e. The van der Waals surface area contributed by atoms with Gasteiger partial charge in [-0.05, 0) is 6.07 Å². The largest absolute Gasteiger partial charge is 0.475 e. The number of benzene rings is 1. The Kier molecular flexibility index (Phi) is 2.21. The maximum atomic E-state index is 10.6. The first kappa shape index (κ1) is 9.39.